The number of hydrogen-bond acceptors (Lipinski definition) is 2. The Bertz CT molecular complexity index is 473. The first-order chi connectivity index (χ1) is 9.56. The minimum absolute atomic E-state index is 0.0145. The molecule has 1 aromatic rings. The highest BCUT2D eigenvalue weighted by atomic mass is 19.1. The highest BCUT2D eigenvalue weighted by Gasteiger charge is 2.19. The summed E-state index contributed by atoms with van der Waals surface area (Å²) in [4.78, 5) is 13.6. The molecule has 1 heterocycles. The molecule has 0 unspecified atom stereocenters. The standard InChI is InChI=1S/C15H20F2N2O/c1-19(10-12-2-3-13(16)9-14(12)17)15(20)8-11-4-6-18-7-5-11/h2-3,9,11,18H,4-8,10H2,1H3. The molecule has 0 bridgehead atoms. The predicted octanol–water partition coefficient (Wildman–Crippen LogP) is 2.31. The zero-order valence-corrected chi connectivity index (χ0v) is 11.7. The summed E-state index contributed by atoms with van der Waals surface area (Å²) < 4.78 is 26.4. The second kappa shape index (κ2) is 6.79. The summed E-state index contributed by atoms with van der Waals surface area (Å²) in [6.45, 7) is 2.08. The number of halogens is 2. The van der Waals surface area contributed by atoms with E-state index in [9.17, 15) is 13.6 Å². The average Bonchev–Trinajstić information content (AvgIpc) is 2.43. The van der Waals surface area contributed by atoms with E-state index in [1.807, 2.05) is 0 Å². The zero-order valence-electron chi connectivity index (χ0n) is 11.7. The Hall–Kier alpha value is -1.49. The van der Waals surface area contributed by atoms with Crippen molar-refractivity contribution >= 4 is 5.91 Å². The topological polar surface area (TPSA) is 32.3 Å². The SMILES string of the molecule is CN(Cc1ccc(F)cc1F)C(=O)CC1CCNCC1. The molecule has 1 aliphatic rings. The van der Waals surface area contributed by atoms with Gasteiger partial charge in [-0.25, -0.2) is 8.78 Å². The summed E-state index contributed by atoms with van der Waals surface area (Å²) in [6.07, 6.45) is 2.51. The molecule has 2 rings (SSSR count). The van der Waals surface area contributed by atoms with Crippen molar-refractivity contribution in [1.29, 1.82) is 0 Å². The van der Waals surface area contributed by atoms with Crippen LogP contribution in [0.5, 0.6) is 0 Å². The van der Waals surface area contributed by atoms with Gasteiger partial charge in [0.15, 0.2) is 0 Å². The Balaban J connectivity index is 1.89. The van der Waals surface area contributed by atoms with E-state index < -0.39 is 11.6 Å². The molecule has 0 aromatic heterocycles. The zero-order chi connectivity index (χ0) is 14.5. The van der Waals surface area contributed by atoms with Crippen LogP contribution in [0.15, 0.2) is 18.2 Å². The van der Waals surface area contributed by atoms with E-state index in [4.69, 9.17) is 0 Å². The molecule has 110 valence electrons. The lowest BCUT2D eigenvalue weighted by Crippen LogP contribution is -2.33. The van der Waals surface area contributed by atoms with Crippen LogP contribution in [0.1, 0.15) is 24.8 Å². The van der Waals surface area contributed by atoms with Crippen molar-refractivity contribution in [2.45, 2.75) is 25.8 Å². The molecule has 1 aromatic carbocycles. The smallest absolute Gasteiger partial charge is 0.222 e. The number of carbonyl (C=O) groups excluding carboxylic acids is 1. The molecular formula is C15H20F2N2O. The molecule has 5 heteroatoms. The van der Waals surface area contributed by atoms with Crippen LogP contribution in [0, 0.1) is 17.6 Å². The fraction of sp³-hybridized carbons (Fsp3) is 0.533. The maximum absolute atomic E-state index is 13.5. The van der Waals surface area contributed by atoms with Gasteiger partial charge in [0.05, 0.1) is 0 Å². The third-order valence-electron chi connectivity index (χ3n) is 3.77. The van der Waals surface area contributed by atoms with Crippen LogP contribution < -0.4 is 5.32 Å². The van der Waals surface area contributed by atoms with E-state index >= 15 is 0 Å². The first-order valence-corrected chi connectivity index (χ1v) is 6.95. The molecule has 20 heavy (non-hydrogen) atoms. The first kappa shape index (κ1) is 14.9. The number of benzene rings is 1. The fourth-order valence-corrected chi connectivity index (χ4v) is 2.48. The summed E-state index contributed by atoms with van der Waals surface area (Å²) in [7, 11) is 1.66. The first-order valence-electron chi connectivity index (χ1n) is 6.95. The Kier molecular flexibility index (Phi) is 5.06. The number of carbonyl (C=O) groups is 1. The van der Waals surface area contributed by atoms with Crippen LogP contribution in [-0.2, 0) is 11.3 Å². The minimum atomic E-state index is -0.605. The normalized spacial score (nSPS) is 16.1. The second-order valence-electron chi connectivity index (χ2n) is 5.38. The minimum Gasteiger partial charge on any atom is -0.341 e. The van der Waals surface area contributed by atoms with Crippen molar-refractivity contribution in [3.8, 4) is 0 Å². The molecule has 1 aliphatic heterocycles. The molecule has 0 saturated carbocycles. The highest BCUT2D eigenvalue weighted by Crippen LogP contribution is 2.18. The van der Waals surface area contributed by atoms with Gasteiger partial charge in [0, 0.05) is 31.6 Å². The van der Waals surface area contributed by atoms with Gasteiger partial charge >= 0.3 is 0 Å². The van der Waals surface area contributed by atoms with Crippen molar-refractivity contribution in [2.24, 2.45) is 5.92 Å². The summed E-state index contributed by atoms with van der Waals surface area (Å²) in [5, 5.41) is 3.26. The fourth-order valence-electron chi connectivity index (χ4n) is 2.48. The molecule has 0 aliphatic carbocycles. The molecule has 0 radical (unpaired) electrons. The number of nitrogens with one attached hydrogen (secondary N) is 1. The average molecular weight is 282 g/mol. The Morgan fingerprint density at radius 3 is 2.70 bits per heavy atom. The third kappa shape index (κ3) is 4.00. The lowest BCUT2D eigenvalue weighted by Gasteiger charge is -2.25. The van der Waals surface area contributed by atoms with Crippen LogP contribution in [-0.4, -0.2) is 30.9 Å². The maximum Gasteiger partial charge on any atom is 0.222 e. The number of rotatable bonds is 4. The Morgan fingerprint density at radius 1 is 1.35 bits per heavy atom. The van der Waals surface area contributed by atoms with Crippen molar-refractivity contribution in [3.05, 3.63) is 35.4 Å². The van der Waals surface area contributed by atoms with Crippen molar-refractivity contribution < 1.29 is 13.6 Å². The van der Waals surface area contributed by atoms with E-state index in [0.717, 1.165) is 32.0 Å². The quantitative estimate of drug-likeness (QED) is 0.919. The molecule has 0 atom stereocenters. The van der Waals surface area contributed by atoms with Gasteiger partial charge in [-0.2, -0.15) is 0 Å². The summed E-state index contributed by atoms with van der Waals surface area (Å²) in [5.41, 5.74) is 0.340. The summed E-state index contributed by atoms with van der Waals surface area (Å²) in [6, 6.07) is 3.45. The van der Waals surface area contributed by atoms with Gasteiger partial charge in [-0.15, -0.1) is 0 Å². The Labute approximate surface area is 118 Å². The third-order valence-corrected chi connectivity index (χ3v) is 3.77. The van der Waals surface area contributed by atoms with E-state index in [-0.39, 0.29) is 12.5 Å². The van der Waals surface area contributed by atoms with Gasteiger partial charge < -0.3 is 10.2 Å². The molecule has 1 fully saturated rings. The summed E-state index contributed by atoms with van der Waals surface area (Å²) >= 11 is 0. The molecule has 1 saturated heterocycles. The van der Waals surface area contributed by atoms with Gasteiger partial charge in [0.2, 0.25) is 5.91 Å². The largest absolute Gasteiger partial charge is 0.341 e. The molecular weight excluding hydrogens is 262 g/mol. The van der Waals surface area contributed by atoms with Crippen LogP contribution in [0.4, 0.5) is 8.78 Å². The Morgan fingerprint density at radius 2 is 2.05 bits per heavy atom. The number of nitrogens with zero attached hydrogens (tertiary/aromatic N) is 1. The van der Waals surface area contributed by atoms with Crippen LogP contribution in [0.2, 0.25) is 0 Å². The monoisotopic (exact) mass is 282 g/mol. The van der Waals surface area contributed by atoms with Crippen molar-refractivity contribution in [2.75, 3.05) is 20.1 Å². The lowest BCUT2D eigenvalue weighted by molar-refractivity contribution is -0.131. The predicted molar refractivity (Wildman–Crippen MR) is 73.0 cm³/mol. The van der Waals surface area contributed by atoms with Gasteiger partial charge in [0.1, 0.15) is 11.6 Å². The lowest BCUT2D eigenvalue weighted by atomic mass is 9.94. The maximum atomic E-state index is 13.5. The van der Waals surface area contributed by atoms with Crippen molar-refractivity contribution in [3.63, 3.8) is 0 Å². The molecule has 3 nitrogen and oxygen atoms in total. The van der Waals surface area contributed by atoms with Crippen LogP contribution in [0.25, 0.3) is 0 Å². The van der Waals surface area contributed by atoms with E-state index in [1.165, 1.54) is 17.0 Å². The van der Waals surface area contributed by atoms with Crippen LogP contribution >= 0.6 is 0 Å². The van der Waals surface area contributed by atoms with Gasteiger partial charge in [0.25, 0.3) is 0 Å². The van der Waals surface area contributed by atoms with E-state index in [1.54, 1.807) is 7.05 Å². The van der Waals surface area contributed by atoms with Gasteiger partial charge in [-0.3, -0.25) is 4.79 Å². The number of hydrogen-bond donors (Lipinski definition) is 1. The second-order valence-corrected chi connectivity index (χ2v) is 5.38. The molecule has 0 spiro atoms. The number of amides is 1. The van der Waals surface area contributed by atoms with Crippen molar-refractivity contribution in [1.82, 2.24) is 10.2 Å². The summed E-state index contributed by atoms with van der Waals surface area (Å²) in [5.74, 6) is -0.786. The van der Waals surface area contributed by atoms with Gasteiger partial charge in [-0.05, 0) is 37.9 Å². The van der Waals surface area contributed by atoms with Crippen LogP contribution in [0.3, 0.4) is 0 Å². The molecule has 1 amide bonds. The highest BCUT2D eigenvalue weighted by molar-refractivity contribution is 5.76. The van der Waals surface area contributed by atoms with E-state index in [0.29, 0.717) is 17.9 Å². The van der Waals surface area contributed by atoms with Gasteiger partial charge in [-0.1, -0.05) is 6.07 Å². The van der Waals surface area contributed by atoms with E-state index in [2.05, 4.69) is 5.32 Å². The molecule has 1 N–H and O–H groups in total. The number of piperidine rings is 1.